The maximum absolute atomic E-state index is 10.4. The fourth-order valence-electron chi connectivity index (χ4n) is 0.243. The zero-order valence-corrected chi connectivity index (χ0v) is 5.98. The van der Waals surface area contributed by atoms with Gasteiger partial charge in [-0.2, -0.15) is 0 Å². The minimum Gasteiger partial charge on any atom is -0.369 e. The van der Waals surface area contributed by atoms with E-state index in [9.17, 15) is 9.36 Å². The van der Waals surface area contributed by atoms with Crippen molar-refractivity contribution in [1.82, 2.24) is 0 Å². The van der Waals surface area contributed by atoms with Gasteiger partial charge in [-0.25, -0.2) is 9.36 Å². The molecule has 0 aliphatic rings. The normalized spacial score (nSPS) is 9.00. The molecule has 0 N–H and O–H groups in total. The van der Waals surface area contributed by atoms with Crippen molar-refractivity contribution in [2.24, 2.45) is 0 Å². The second kappa shape index (κ2) is 4.21. The lowest BCUT2D eigenvalue weighted by atomic mass is 10.2. The molecule has 0 aromatic rings. The van der Waals surface area contributed by atoms with Gasteiger partial charge in [0.2, 0.25) is 0 Å². The lowest BCUT2D eigenvalue weighted by Gasteiger charge is -1.93. The standard InChI is InChI=1S/C5H7O3P/c1-3-4(2)5(6)8-9-7/h2-3H2,1H3. The molecule has 0 aliphatic carbocycles. The Morgan fingerprint density at radius 1 is 1.78 bits per heavy atom. The van der Waals surface area contributed by atoms with E-state index in [0.29, 0.717) is 12.0 Å². The third kappa shape index (κ3) is 2.98. The van der Waals surface area contributed by atoms with Gasteiger partial charge < -0.3 is 4.52 Å². The molecule has 0 aromatic carbocycles. The zero-order valence-electron chi connectivity index (χ0n) is 5.09. The molecule has 0 bridgehead atoms. The Morgan fingerprint density at radius 2 is 2.33 bits per heavy atom. The van der Waals surface area contributed by atoms with Crippen molar-refractivity contribution in [1.29, 1.82) is 0 Å². The smallest absolute Gasteiger partial charge is 0.369 e. The lowest BCUT2D eigenvalue weighted by Crippen LogP contribution is -1.98. The molecular weight excluding hydrogens is 139 g/mol. The maximum Gasteiger partial charge on any atom is 0.398 e. The maximum atomic E-state index is 10.4. The zero-order chi connectivity index (χ0) is 7.28. The molecule has 0 amide bonds. The van der Waals surface area contributed by atoms with E-state index in [-0.39, 0.29) is 0 Å². The summed E-state index contributed by atoms with van der Waals surface area (Å²) in [6.45, 7) is 5.14. The highest BCUT2D eigenvalue weighted by Crippen LogP contribution is 2.04. The molecule has 0 aromatic heterocycles. The van der Waals surface area contributed by atoms with Crippen molar-refractivity contribution in [3.05, 3.63) is 12.2 Å². The van der Waals surface area contributed by atoms with Gasteiger partial charge in [-0.15, -0.1) is 0 Å². The first kappa shape index (κ1) is 8.31. The summed E-state index contributed by atoms with van der Waals surface area (Å²) in [4.78, 5) is 10.4. The van der Waals surface area contributed by atoms with E-state index in [1.54, 1.807) is 6.92 Å². The molecule has 0 atom stereocenters. The summed E-state index contributed by atoms with van der Waals surface area (Å²) in [5, 5.41) is 0. The second-order valence-corrected chi connectivity index (χ2v) is 1.74. The molecular formula is C5H7O3P. The quantitative estimate of drug-likeness (QED) is 0.449. The Bertz CT molecular complexity index is 141. The monoisotopic (exact) mass is 146 g/mol. The number of hydrogen-bond donors (Lipinski definition) is 0. The first-order valence-electron chi connectivity index (χ1n) is 2.44. The second-order valence-electron chi connectivity index (χ2n) is 1.41. The third-order valence-corrected chi connectivity index (χ3v) is 1.08. The van der Waals surface area contributed by atoms with E-state index in [0.717, 1.165) is 0 Å². The third-order valence-electron chi connectivity index (χ3n) is 0.836. The average Bonchev–Trinajstić information content (AvgIpc) is 1.87. The van der Waals surface area contributed by atoms with Crippen LogP contribution >= 0.6 is 8.69 Å². The van der Waals surface area contributed by atoms with Gasteiger partial charge in [0, 0.05) is 5.57 Å². The molecule has 50 valence electrons. The number of rotatable bonds is 3. The Labute approximate surface area is 55.0 Å². The largest absolute Gasteiger partial charge is 0.398 e. The molecule has 0 heterocycles. The number of carbonyl (C=O) groups is 1. The Kier molecular flexibility index (Phi) is 3.89. The van der Waals surface area contributed by atoms with Crippen LogP contribution in [0.25, 0.3) is 0 Å². The van der Waals surface area contributed by atoms with Crippen molar-refractivity contribution >= 4 is 14.7 Å². The Morgan fingerprint density at radius 3 is 2.67 bits per heavy atom. The molecule has 0 fully saturated rings. The van der Waals surface area contributed by atoms with Crippen LogP contribution in [-0.2, 0) is 13.9 Å². The van der Waals surface area contributed by atoms with Gasteiger partial charge in [0.25, 0.3) is 0 Å². The van der Waals surface area contributed by atoms with Crippen LogP contribution in [0.4, 0.5) is 0 Å². The first-order valence-corrected chi connectivity index (χ1v) is 3.17. The average molecular weight is 146 g/mol. The van der Waals surface area contributed by atoms with Crippen molar-refractivity contribution in [3.63, 3.8) is 0 Å². The highest BCUT2D eigenvalue weighted by molar-refractivity contribution is 7.18. The fourth-order valence-corrected chi connectivity index (χ4v) is 0.440. The van der Waals surface area contributed by atoms with Gasteiger partial charge in [0.05, 0.1) is 0 Å². The van der Waals surface area contributed by atoms with Crippen molar-refractivity contribution < 1.29 is 13.9 Å². The van der Waals surface area contributed by atoms with E-state index >= 15 is 0 Å². The molecule has 0 spiro atoms. The molecule has 0 rings (SSSR count). The van der Waals surface area contributed by atoms with Crippen LogP contribution in [0.15, 0.2) is 12.2 Å². The summed E-state index contributed by atoms with van der Waals surface area (Å²) in [5.41, 5.74) is 0.332. The van der Waals surface area contributed by atoms with Crippen LogP contribution in [0.3, 0.4) is 0 Å². The van der Waals surface area contributed by atoms with Crippen molar-refractivity contribution in [2.45, 2.75) is 13.3 Å². The lowest BCUT2D eigenvalue weighted by molar-refractivity contribution is -0.129. The van der Waals surface area contributed by atoms with Gasteiger partial charge in [0.15, 0.2) is 0 Å². The summed E-state index contributed by atoms with van der Waals surface area (Å²) in [6.07, 6.45) is 0.522. The van der Waals surface area contributed by atoms with Crippen LogP contribution in [0, 0.1) is 0 Å². The van der Waals surface area contributed by atoms with E-state index in [1.807, 2.05) is 0 Å². The number of hydrogen-bond acceptors (Lipinski definition) is 3. The van der Waals surface area contributed by atoms with Gasteiger partial charge in [-0.3, -0.25) is 0 Å². The van der Waals surface area contributed by atoms with E-state index < -0.39 is 14.7 Å². The molecule has 0 unspecified atom stereocenters. The van der Waals surface area contributed by atoms with E-state index in [1.165, 1.54) is 0 Å². The van der Waals surface area contributed by atoms with Crippen molar-refractivity contribution in [2.75, 3.05) is 0 Å². The molecule has 3 nitrogen and oxygen atoms in total. The molecule has 0 saturated carbocycles. The van der Waals surface area contributed by atoms with Crippen LogP contribution in [0.2, 0.25) is 0 Å². The van der Waals surface area contributed by atoms with Crippen LogP contribution in [0.5, 0.6) is 0 Å². The van der Waals surface area contributed by atoms with Crippen LogP contribution in [0.1, 0.15) is 13.3 Å². The van der Waals surface area contributed by atoms with Gasteiger partial charge >= 0.3 is 14.7 Å². The summed E-state index contributed by atoms with van der Waals surface area (Å²) in [6, 6.07) is 0. The van der Waals surface area contributed by atoms with Gasteiger partial charge in [-0.1, -0.05) is 13.5 Å². The van der Waals surface area contributed by atoms with Gasteiger partial charge in [-0.05, 0) is 6.42 Å². The summed E-state index contributed by atoms with van der Waals surface area (Å²) in [7, 11) is -0.617. The molecule has 0 saturated heterocycles. The summed E-state index contributed by atoms with van der Waals surface area (Å²) >= 11 is 0. The number of carbonyl (C=O) groups excluding carboxylic acids is 1. The molecule has 0 aliphatic heterocycles. The predicted molar refractivity (Wildman–Crippen MR) is 33.1 cm³/mol. The fraction of sp³-hybridized carbons (Fsp3) is 0.400. The van der Waals surface area contributed by atoms with E-state index in [2.05, 4.69) is 11.1 Å². The Balaban J connectivity index is 3.73. The predicted octanol–water partition coefficient (Wildman–Crippen LogP) is 1.70. The minimum absolute atomic E-state index is 0.332. The minimum atomic E-state index is -0.617. The topological polar surface area (TPSA) is 43.4 Å². The molecule has 9 heavy (non-hydrogen) atoms. The van der Waals surface area contributed by atoms with E-state index in [4.69, 9.17) is 0 Å². The Hall–Kier alpha value is -0.690. The van der Waals surface area contributed by atoms with Crippen molar-refractivity contribution in [3.8, 4) is 0 Å². The van der Waals surface area contributed by atoms with Crippen LogP contribution < -0.4 is 0 Å². The summed E-state index contributed by atoms with van der Waals surface area (Å²) < 4.78 is 13.7. The van der Waals surface area contributed by atoms with Crippen LogP contribution in [-0.4, -0.2) is 5.97 Å². The highest BCUT2D eigenvalue weighted by atomic mass is 31.1. The summed E-state index contributed by atoms with van der Waals surface area (Å²) in [5.74, 6) is -0.603. The first-order chi connectivity index (χ1) is 4.22. The highest BCUT2D eigenvalue weighted by Gasteiger charge is 2.04. The van der Waals surface area contributed by atoms with Gasteiger partial charge in [0.1, 0.15) is 0 Å². The molecule has 0 radical (unpaired) electrons. The SMILES string of the molecule is C=C(CC)C(=O)OP=O. The molecule has 4 heteroatoms.